The molecular weight excluding hydrogens is 588 g/mol. The molecule has 9 rings (SSSR count). The van der Waals surface area contributed by atoms with Crippen LogP contribution in [0.3, 0.4) is 0 Å². The Bertz CT molecular complexity index is 2240. The standard InChI is InChI=1S/C44H30N2O2/c1-3-17-33(18-4-1)45(39-23-11-15-31-13-7-9-21-37(31)39)35-25-27-41-43(29-35)47-42-28-26-36(30-44(42)48-41)46(34-19-5-2-6-20-34)40-24-12-16-32-14-8-10-22-38(32)40/h1-30H. The number of ether oxygens (including phenoxy) is 2. The zero-order valence-electron chi connectivity index (χ0n) is 26.0. The smallest absolute Gasteiger partial charge is 0.172 e. The van der Waals surface area contributed by atoms with Crippen LogP contribution in [0.2, 0.25) is 0 Å². The monoisotopic (exact) mass is 618 g/mol. The van der Waals surface area contributed by atoms with E-state index >= 15 is 0 Å². The second-order valence-corrected chi connectivity index (χ2v) is 11.8. The SMILES string of the molecule is c1ccc(N(c2ccc3c(c2)Oc2ccc(N(c4ccccc4)c4cccc5ccccc45)cc2O3)c2cccc3ccccc23)cc1. The molecule has 48 heavy (non-hydrogen) atoms. The zero-order chi connectivity index (χ0) is 31.9. The van der Waals surface area contributed by atoms with Gasteiger partial charge in [0.25, 0.3) is 0 Å². The fourth-order valence-electron chi connectivity index (χ4n) is 6.65. The van der Waals surface area contributed by atoms with Gasteiger partial charge in [0.15, 0.2) is 23.0 Å². The van der Waals surface area contributed by atoms with E-state index in [1.807, 2.05) is 24.3 Å². The van der Waals surface area contributed by atoms with Crippen molar-refractivity contribution in [3.05, 3.63) is 182 Å². The third-order valence-corrected chi connectivity index (χ3v) is 8.85. The number of hydrogen-bond donors (Lipinski definition) is 0. The molecular formula is C44H30N2O2. The Morgan fingerprint density at radius 3 is 1.15 bits per heavy atom. The highest BCUT2D eigenvalue weighted by Crippen LogP contribution is 2.51. The van der Waals surface area contributed by atoms with Crippen molar-refractivity contribution in [2.24, 2.45) is 0 Å². The van der Waals surface area contributed by atoms with Crippen LogP contribution in [0.25, 0.3) is 21.5 Å². The number of para-hydroxylation sites is 2. The third kappa shape index (κ3) is 4.88. The fourth-order valence-corrected chi connectivity index (χ4v) is 6.65. The van der Waals surface area contributed by atoms with Gasteiger partial charge < -0.3 is 19.3 Å². The molecule has 1 heterocycles. The van der Waals surface area contributed by atoms with Crippen molar-refractivity contribution in [3.63, 3.8) is 0 Å². The molecule has 0 aromatic heterocycles. The van der Waals surface area contributed by atoms with Crippen molar-refractivity contribution in [3.8, 4) is 23.0 Å². The van der Waals surface area contributed by atoms with Crippen molar-refractivity contribution in [1.82, 2.24) is 0 Å². The summed E-state index contributed by atoms with van der Waals surface area (Å²) in [6.07, 6.45) is 0. The molecule has 0 aliphatic carbocycles. The average molecular weight is 619 g/mol. The van der Waals surface area contributed by atoms with Crippen LogP contribution in [0.1, 0.15) is 0 Å². The Hall–Kier alpha value is -6.52. The Kier molecular flexibility index (Phi) is 6.76. The minimum Gasteiger partial charge on any atom is -0.449 e. The Balaban J connectivity index is 1.11. The van der Waals surface area contributed by atoms with Gasteiger partial charge in [0.2, 0.25) is 0 Å². The molecule has 0 unspecified atom stereocenters. The van der Waals surface area contributed by atoms with Gasteiger partial charge in [0.1, 0.15) is 0 Å². The molecule has 1 aliphatic heterocycles. The maximum absolute atomic E-state index is 6.57. The summed E-state index contributed by atoms with van der Waals surface area (Å²) in [4.78, 5) is 4.54. The first-order valence-corrected chi connectivity index (χ1v) is 16.1. The van der Waals surface area contributed by atoms with Gasteiger partial charge in [-0.25, -0.2) is 0 Å². The van der Waals surface area contributed by atoms with E-state index in [9.17, 15) is 0 Å². The summed E-state index contributed by atoms with van der Waals surface area (Å²) in [6, 6.07) is 63.0. The molecule has 0 saturated heterocycles. The second kappa shape index (κ2) is 11.7. The Morgan fingerprint density at radius 1 is 0.292 bits per heavy atom. The Morgan fingerprint density at radius 2 is 0.688 bits per heavy atom. The Labute approximate surface area is 279 Å². The van der Waals surface area contributed by atoms with Crippen LogP contribution < -0.4 is 19.3 Å². The average Bonchev–Trinajstić information content (AvgIpc) is 3.15. The van der Waals surface area contributed by atoms with Crippen LogP contribution in [0.15, 0.2) is 182 Å². The number of anilines is 6. The van der Waals surface area contributed by atoms with Crippen LogP contribution in [0.4, 0.5) is 34.1 Å². The number of hydrogen-bond acceptors (Lipinski definition) is 4. The van der Waals surface area contributed by atoms with Gasteiger partial charge in [-0.15, -0.1) is 0 Å². The summed E-state index contributed by atoms with van der Waals surface area (Å²) >= 11 is 0. The molecule has 0 bridgehead atoms. The largest absolute Gasteiger partial charge is 0.449 e. The van der Waals surface area contributed by atoms with Gasteiger partial charge in [-0.3, -0.25) is 0 Å². The van der Waals surface area contributed by atoms with Crippen molar-refractivity contribution in [1.29, 1.82) is 0 Å². The van der Waals surface area contributed by atoms with E-state index in [-0.39, 0.29) is 0 Å². The topological polar surface area (TPSA) is 24.9 Å². The molecule has 0 atom stereocenters. The maximum atomic E-state index is 6.57. The molecule has 4 heteroatoms. The second-order valence-electron chi connectivity index (χ2n) is 11.8. The highest BCUT2D eigenvalue weighted by atomic mass is 16.6. The summed E-state index contributed by atoms with van der Waals surface area (Å²) in [5.74, 6) is 2.68. The molecule has 0 N–H and O–H groups in total. The van der Waals surface area contributed by atoms with Crippen LogP contribution >= 0.6 is 0 Å². The van der Waals surface area contributed by atoms with Crippen LogP contribution in [-0.2, 0) is 0 Å². The molecule has 0 saturated carbocycles. The summed E-state index contributed by atoms with van der Waals surface area (Å²) in [7, 11) is 0. The third-order valence-electron chi connectivity index (χ3n) is 8.85. The van der Waals surface area contributed by atoms with Crippen LogP contribution in [-0.4, -0.2) is 0 Å². The van der Waals surface area contributed by atoms with Gasteiger partial charge in [-0.2, -0.15) is 0 Å². The van der Waals surface area contributed by atoms with Crippen molar-refractivity contribution in [2.45, 2.75) is 0 Å². The lowest BCUT2D eigenvalue weighted by molar-refractivity contribution is 0.360. The van der Waals surface area contributed by atoms with Gasteiger partial charge in [0, 0.05) is 34.3 Å². The molecule has 4 nitrogen and oxygen atoms in total. The minimum absolute atomic E-state index is 0.669. The lowest BCUT2D eigenvalue weighted by Gasteiger charge is -2.30. The lowest BCUT2D eigenvalue weighted by atomic mass is 10.1. The van der Waals surface area contributed by atoms with E-state index < -0.39 is 0 Å². The molecule has 8 aromatic rings. The number of benzene rings is 8. The molecule has 0 amide bonds. The molecule has 8 aromatic carbocycles. The van der Waals surface area contributed by atoms with E-state index in [1.54, 1.807) is 0 Å². The first-order chi connectivity index (χ1) is 23.8. The fraction of sp³-hybridized carbons (Fsp3) is 0. The minimum atomic E-state index is 0.669. The molecule has 1 aliphatic rings. The van der Waals surface area contributed by atoms with Crippen molar-refractivity contribution < 1.29 is 9.47 Å². The van der Waals surface area contributed by atoms with Gasteiger partial charge in [-0.05, 0) is 71.4 Å². The number of fused-ring (bicyclic) bond motifs is 4. The van der Waals surface area contributed by atoms with Crippen LogP contribution in [0.5, 0.6) is 23.0 Å². The molecule has 228 valence electrons. The highest BCUT2D eigenvalue weighted by Gasteiger charge is 2.24. The molecule has 0 fully saturated rings. The first-order valence-electron chi connectivity index (χ1n) is 16.1. The van der Waals surface area contributed by atoms with E-state index in [1.165, 1.54) is 21.5 Å². The van der Waals surface area contributed by atoms with Gasteiger partial charge >= 0.3 is 0 Å². The summed E-state index contributed by atoms with van der Waals surface area (Å²) in [6.45, 7) is 0. The van der Waals surface area contributed by atoms with E-state index in [2.05, 4.69) is 168 Å². The molecule has 0 spiro atoms. The van der Waals surface area contributed by atoms with Crippen molar-refractivity contribution >= 4 is 55.7 Å². The highest BCUT2D eigenvalue weighted by molar-refractivity contribution is 6.00. The zero-order valence-corrected chi connectivity index (χ0v) is 26.0. The molecule has 0 radical (unpaired) electrons. The number of rotatable bonds is 6. The van der Waals surface area contributed by atoms with E-state index in [0.717, 1.165) is 34.1 Å². The number of nitrogens with zero attached hydrogens (tertiary/aromatic N) is 2. The summed E-state index contributed by atoms with van der Waals surface area (Å²) in [5, 5.41) is 4.72. The predicted molar refractivity (Wildman–Crippen MR) is 197 cm³/mol. The van der Waals surface area contributed by atoms with Crippen LogP contribution in [0, 0.1) is 0 Å². The van der Waals surface area contributed by atoms with Gasteiger partial charge in [-0.1, -0.05) is 109 Å². The normalized spacial score (nSPS) is 11.7. The predicted octanol–water partition coefficient (Wildman–Crippen LogP) is 12.8. The summed E-state index contributed by atoms with van der Waals surface area (Å²) in [5.41, 5.74) is 6.26. The maximum Gasteiger partial charge on any atom is 0.172 e. The van der Waals surface area contributed by atoms with Crippen molar-refractivity contribution in [2.75, 3.05) is 9.80 Å². The van der Waals surface area contributed by atoms with E-state index in [0.29, 0.717) is 23.0 Å². The van der Waals surface area contributed by atoms with E-state index in [4.69, 9.17) is 9.47 Å². The quantitative estimate of drug-likeness (QED) is 0.185. The first kappa shape index (κ1) is 27.8. The van der Waals surface area contributed by atoms with Gasteiger partial charge in [0.05, 0.1) is 22.7 Å². The lowest BCUT2D eigenvalue weighted by Crippen LogP contribution is -2.12. The summed E-state index contributed by atoms with van der Waals surface area (Å²) < 4.78 is 13.1.